The molecule has 2 heterocycles. The molecule has 0 aromatic carbocycles. The summed E-state index contributed by atoms with van der Waals surface area (Å²) in [4.78, 5) is 28.9. The average molecular weight is 355 g/mol. The third kappa shape index (κ3) is 6.99. The molecular weight excluding hydrogens is 329 g/mol. The molecule has 1 aromatic rings. The number of nitrogens with zero attached hydrogens (tertiary/aromatic N) is 2. The molecule has 2 rings (SSSR count). The van der Waals surface area contributed by atoms with Crippen LogP contribution in [-0.2, 0) is 11.3 Å². The quantitative estimate of drug-likeness (QED) is 0.649. The SMILES string of the molecule is CC1(NC(=O)OC(C)(C)C)CCN(Cc2ccnc(C(=O)[O-])c2)CC1.[Li+]. The number of ether oxygens (including phenoxy) is 1. The number of nitrogens with one attached hydrogen (secondary N) is 1. The Morgan fingerprint density at radius 3 is 2.50 bits per heavy atom. The Balaban J connectivity index is 0.00000338. The fourth-order valence-electron chi connectivity index (χ4n) is 2.82. The van der Waals surface area contributed by atoms with E-state index in [0.29, 0.717) is 6.54 Å². The van der Waals surface area contributed by atoms with E-state index in [1.54, 1.807) is 12.1 Å². The molecule has 0 saturated carbocycles. The first kappa shape index (κ1) is 22.5. The molecular formula is C18H26LiN3O4. The summed E-state index contributed by atoms with van der Waals surface area (Å²) >= 11 is 0. The van der Waals surface area contributed by atoms with Crippen molar-refractivity contribution >= 4 is 12.1 Å². The van der Waals surface area contributed by atoms with Gasteiger partial charge in [-0.25, -0.2) is 4.79 Å². The van der Waals surface area contributed by atoms with Gasteiger partial charge in [-0.2, -0.15) is 0 Å². The van der Waals surface area contributed by atoms with Gasteiger partial charge in [0.25, 0.3) is 0 Å². The van der Waals surface area contributed by atoms with E-state index in [4.69, 9.17) is 4.74 Å². The molecule has 0 aliphatic carbocycles. The summed E-state index contributed by atoms with van der Waals surface area (Å²) in [6, 6.07) is 3.35. The van der Waals surface area contributed by atoms with E-state index in [0.717, 1.165) is 31.5 Å². The molecule has 1 fully saturated rings. The van der Waals surface area contributed by atoms with Crippen LogP contribution in [0.25, 0.3) is 0 Å². The molecule has 1 aliphatic rings. The van der Waals surface area contributed by atoms with Crippen LogP contribution < -0.4 is 29.3 Å². The van der Waals surface area contributed by atoms with Gasteiger partial charge >= 0.3 is 25.0 Å². The number of alkyl carbamates (subject to hydrolysis) is 1. The summed E-state index contributed by atoms with van der Waals surface area (Å²) in [7, 11) is 0. The predicted molar refractivity (Wildman–Crippen MR) is 90.9 cm³/mol. The average Bonchev–Trinajstić information content (AvgIpc) is 2.48. The van der Waals surface area contributed by atoms with Crippen molar-refractivity contribution in [3.63, 3.8) is 0 Å². The van der Waals surface area contributed by atoms with Gasteiger partial charge in [-0.05, 0) is 58.2 Å². The van der Waals surface area contributed by atoms with Crippen LogP contribution in [-0.4, -0.2) is 46.2 Å². The molecule has 8 heteroatoms. The van der Waals surface area contributed by atoms with Crippen LogP contribution in [0.3, 0.4) is 0 Å². The van der Waals surface area contributed by atoms with Gasteiger partial charge in [-0.3, -0.25) is 9.88 Å². The maximum absolute atomic E-state index is 12.0. The molecule has 1 amide bonds. The molecule has 0 spiro atoms. The van der Waals surface area contributed by atoms with Crippen LogP contribution in [0.5, 0.6) is 0 Å². The van der Waals surface area contributed by atoms with E-state index in [2.05, 4.69) is 15.2 Å². The van der Waals surface area contributed by atoms with E-state index in [9.17, 15) is 14.7 Å². The number of rotatable bonds is 4. The Bertz CT molecular complexity index is 638. The van der Waals surface area contributed by atoms with Gasteiger partial charge in [0.1, 0.15) is 5.60 Å². The van der Waals surface area contributed by atoms with Gasteiger partial charge in [0.2, 0.25) is 0 Å². The number of piperidine rings is 1. The Hall–Kier alpha value is -1.55. The molecule has 1 aliphatic heterocycles. The fourth-order valence-corrected chi connectivity index (χ4v) is 2.82. The first-order valence-corrected chi connectivity index (χ1v) is 8.46. The number of carboxylic acids is 1. The smallest absolute Gasteiger partial charge is 0.543 e. The second-order valence-corrected chi connectivity index (χ2v) is 7.80. The predicted octanol–water partition coefficient (Wildman–Crippen LogP) is -1.67. The maximum Gasteiger partial charge on any atom is 1.00 e. The third-order valence-corrected chi connectivity index (χ3v) is 4.20. The summed E-state index contributed by atoms with van der Waals surface area (Å²) in [5, 5.41) is 13.9. The summed E-state index contributed by atoms with van der Waals surface area (Å²) in [5.41, 5.74) is 0.0238. The van der Waals surface area contributed by atoms with Gasteiger partial charge < -0.3 is 20.0 Å². The molecule has 0 bridgehead atoms. The van der Waals surface area contributed by atoms with E-state index in [1.807, 2.05) is 27.7 Å². The van der Waals surface area contributed by atoms with E-state index < -0.39 is 17.7 Å². The number of amides is 1. The normalized spacial score (nSPS) is 17.1. The molecule has 1 aromatic heterocycles. The zero-order valence-corrected chi connectivity index (χ0v) is 16.3. The molecule has 0 radical (unpaired) electrons. The zero-order chi connectivity index (χ0) is 18.7. The Labute approximate surface area is 166 Å². The topological polar surface area (TPSA) is 94.6 Å². The van der Waals surface area contributed by atoms with E-state index in [-0.39, 0.29) is 30.1 Å². The van der Waals surface area contributed by atoms with Crippen molar-refractivity contribution in [1.82, 2.24) is 15.2 Å². The number of likely N-dealkylation sites (tertiary alicyclic amines) is 1. The van der Waals surface area contributed by atoms with Crippen LogP contribution in [0.2, 0.25) is 0 Å². The van der Waals surface area contributed by atoms with Crippen LogP contribution in [0.1, 0.15) is 56.6 Å². The van der Waals surface area contributed by atoms with Crippen molar-refractivity contribution in [3.8, 4) is 0 Å². The minimum absolute atomic E-state index is 0. The van der Waals surface area contributed by atoms with E-state index >= 15 is 0 Å². The number of aromatic carboxylic acids is 1. The van der Waals surface area contributed by atoms with Crippen molar-refractivity contribution in [2.75, 3.05) is 13.1 Å². The van der Waals surface area contributed by atoms with Crippen LogP contribution in [0, 0.1) is 0 Å². The third-order valence-electron chi connectivity index (χ3n) is 4.20. The number of hydrogen-bond acceptors (Lipinski definition) is 6. The minimum Gasteiger partial charge on any atom is -0.543 e. The first-order valence-electron chi connectivity index (χ1n) is 8.46. The summed E-state index contributed by atoms with van der Waals surface area (Å²) in [6.07, 6.45) is 2.68. The van der Waals surface area contributed by atoms with Gasteiger partial charge in [-0.1, -0.05) is 0 Å². The first-order chi connectivity index (χ1) is 11.6. The van der Waals surface area contributed by atoms with Crippen molar-refractivity contribution in [3.05, 3.63) is 29.6 Å². The minimum atomic E-state index is -1.27. The molecule has 0 atom stereocenters. The van der Waals surface area contributed by atoms with Gasteiger partial charge in [0, 0.05) is 31.4 Å². The monoisotopic (exact) mass is 355 g/mol. The molecule has 1 N–H and O–H groups in total. The molecule has 7 nitrogen and oxygen atoms in total. The van der Waals surface area contributed by atoms with Crippen molar-refractivity contribution in [1.29, 1.82) is 0 Å². The van der Waals surface area contributed by atoms with E-state index in [1.165, 1.54) is 6.20 Å². The summed E-state index contributed by atoms with van der Waals surface area (Å²) < 4.78 is 5.33. The fraction of sp³-hybridized carbons (Fsp3) is 0.611. The second-order valence-electron chi connectivity index (χ2n) is 7.80. The zero-order valence-electron chi connectivity index (χ0n) is 16.3. The van der Waals surface area contributed by atoms with Crippen LogP contribution in [0.15, 0.2) is 18.3 Å². The van der Waals surface area contributed by atoms with Gasteiger partial charge in [0.05, 0.1) is 11.7 Å². The van der Waals surface area contributed by atoms with Gasteiger partial charge in [0.15, 0.2) is 0 Å². The number of carboxylic acid groups (broad SMARTS) is 1. The number of pyridine rings is 1. The molecule has 138 valence electrons. The molecule has 26 heavy (non-hydrogen) atoms. The number of carbonyl (C=O) groups excluding carboxylic acids is 2. The Morgan fingerprint density at radius 1 is 1.35 bits per heavy atom. The summed E-state index contributed by atoms with van der Waals surface area (Å²) in [6.45, 7) is 9.79. The number of hydrogen-bond donors (Lipinski definition) is 1. The van der Waals surface area contributed by atoms with Crippen LogP contribution >= 0.6 is 0 Å². The Morgan fingerprint density at radius 2 is 1.96 bits per heavy atom. The number of carbonyl (C=O) groups is 2. The second kappa shape index (κ2) is 8.89. The summed E-state index contributed by atoms with van der Waals surface area (Å²) in [5.74, 6) is -1.27. The van der Waals surface area contributed by atoms with Crippen molar-refractivity contribution in [2.45, 2.75) is 58.2 Å². The van der Waals surface area contributed by atoms with Crippen molar-refractivity contribution < 1.29 is 38.3 Å². The standard InChI is InChI=1S/C18H27N3O4.Li/c1-17(2,3)25-16(24)20-18(4)6-9-21(10-7-18)12-13-5-8-19-14(11-13)15(22)23;/h5,8,11H,6-7,9-10,12H2,1-4H3,(H,20,24)(H,22,23);/q;+1/p-1. The molecule has 1 saturated heterocycles. The maximum atomic E-state index is 12.0. The molecule has 0 unspecified atom stereocenters. The number of aromatic nitrogens is 1. The Kier molecular flexibility index (Phi) is 7.69. The van der Waals surface area contributed by atoms with Crippen LogP contribution in [0.4, 0.5) is 4.79 Å². The van der Waals surface area contributed by atoms with Gasteiger partial charge in [-0.15, -0.1) is 0 Å². The largest absolute Gasteiger partial charge is 1.00 e. The van der Waals surface area contributed by atoms with Crippen molar-refractivity contribution in [2.24, 2.45) is 0 Å².